The Morgan fingerprint density at radius 2 is 2.25 bits per heavy atom. The minimum Gasteiger partial charge on any atom is -0.464 e. The molecule has 2 rings (SSSR count). The Kier molecular flexibility index (Phi) is 2.59. The third-order valence-corrected chi connectivity index (χ3v) is 2.17. The van der Waals surface area contributed by atoms with E-state index in [-0.39, 0.29) is 0 Å². The number of methoxy groups -OCH3 is 1. The number of aromatic amines is 1. The number of nitrogens with two attached hydrogens (primary N) is 1. The Morgan fingerprint density at radius 1 is 1.44 bits per heavy atom. The van der Waals surface area contributed by atoms with Gasteiger partial charge in [-0.3, -0.25) is 5.10 Å². The molecule has 0 atom stereocenters. The molecule has 0 fully saturated rings. The SMILES string of the molecule is COC(=O)c1cc(-c2cccc(N)c2)n[nH]1. The number of aromatic nitrogens is 2. The van der Waals surface area contributed by atoms with Gasteiger partial charge in [-0.1, -0.05) is 12.1 Å². The van der Waals surface area contributed by atoms with Gasteiger partial charge >= 0.3 is 5.97 Å². The van der Waals surface area contributed by atoms with Gasteiger partial charge in [-0.05, 0) is 18.2 Å². The number of hydrogen-bond acceptors (Lipinski definition) is 4. The fraction of sp³-hybridized carbons (Fsp3) is 0.0909. The van der Waals surface area contributed by atoms with Gasteiger partial charge in [0.2, 0.25) is 0 Å². The third kappa shape index (κ3) is 1.88. The molecule has 3 N–H and O–H groups in total. The lowest BCUT2D eigenvalue weighted by molar-refractivity contribution is 0.0594. The Bertz CT molecular complexity index is 519. The summed E-state index contributed by atoms with van der Waals surface area (Å²) in [5.41, 5.74) is 8.14. The van der Waals surface area contributed by atoms with Gasteiger partial charge in [0.25, 0.3) is 0 Å². The summed E-state index contributed by atoms with van der Waals surface area (Å²) in [7, 11) is 1.32. The quantitative estimate of drug-likeness (QED) is 0.589. The van der Waals surface area contributed by atoms with E-state index in [0.29, 0.717) is 17.1 Å². The molecule has 0 aliphatic carbocycles. The molecule has 0 radical (unpaired) electrons. The largest absolute Gasteiger partial charge is 0.464 e. The third-order valence-electron chi connectivity index (χ3n) is 2.17. The van der Waals surface area contributed by atoms with Gasteiger partial charge in [0, 0.05) is 11.3 Å². The van der Waals surface area contributed by atoms with Gasteiger partial charge in [-0.25, -0.2) is 4.79 Å². The lowest BCUT2D eigenvalue weighted by atomic mass is 10.1. The molecule has 0 unspecified atom stereocenters. The molecular formula is C11H11N3O2. The number of carbonyl (C=O) groups is 1. The molecule has 0 aliphatic heterocycles. The molecule has 0 amide bonds. The summed E-state index contributed by atoms with van der Waals surface area (Å²) < 4.78 is 4.57. The van der Waals surface area contributed by atoms with E-state index in [2.05, 4.69) is 14.9 Å². The first-order chi connectivity index (χ1) is 7.70. The van der Waals surface area contributed by atoms with Crippen molar-refractivity contribution in [3.8, 4) is 11.3 Å². The van der Waals surface area contributed by atoms with E-state index in [1.54, 1.807) is 18.2 Å². The van der Waals surface area contributed by atoms with E-state index in [9.17, 15) is 4.79 Å². The molecule has 1 aromatic heterocycles. The Balaban J connectivity index is 2.35. The van der Waals surface area contributed by atoms with Crippen LogP contribution < -0.4 is 5.73 Å². The minimum atomic E-state index is -0.442. The van der Waals surface area contributed by atoms with Crippen LogP contribution in [0.3, 0.4) is 0 Å². The summed E-state index contributed by atoms with van der Waals surface area (Å²) in [5.74, 6) is -0.442. The zero-order chi connectivity index (χ0) is 11.5. The Morgan fingerprint density at radius 3 is 2.94 bits per heavy atom. The Hall–Kier alpha value is -2.30. The zero-order valence-electron chi connectivity index (χ0n) is 8.73. The van der Waals surface area contributed by atoms with Crippen LogP contribution in [0.4, 0.5) is 5.69 Å². The summed E-state index contributed by atoms with van der Waals surface area (Å²) in [5, 5.41) is 6.62. The fourth-order valence-corrected chi connectivity index (χ4v) is 1.38. The topological polar surface area (TPSA) is 81.0 Å². The number of ether oxygens (including phenoxy) is 1. The van der Waals surface area contributed by atoms with Crippen LogP contribution in [0.25, 0.3) is 11.3 Å². The molecule has 0 saturated heterocycles. The number of hydrogen-bond donors (Lipinski definition) is 2. The van der Waals surface area contributed by atoms with Crippen molar-refractivity contribution >= 4 is 11.7 Å². The number of nitrogens with zero attached hydrogens (tertiary/aromatic N) is 1. The van der Waals surface area contributed by atoms with E-state index in [1.165, 1.54) is 7.11 Å². The van der Waals surface area contributed by atoms with Crippen molar-refractivity contribution in [3.05, 3.63) is 36.0 Å². The number of anilines is 1. The fourth-order valence-electron chi connectivity index (χ4n) is 1.38. The highest BCUT2D eigenvalue weighted by molar-refractivity contribution is 5.88. The summed E-state index contributed by atoms with van der Waals surface area (Å²) in [6.45, 7) is 0. The van der Waals surface area contributed by atoms with Crippen molar-refractivity contribution in [2.45, 2.75) is 0 Å². The van der Waals surface area contributed by atoms with Crippen LogP contribution in [0, 0.1) is 0 Å². The summed E-state index contributed by atoms with van der Waals surface area (Å²) in [6.07, 6.45) is 0. The first kappa shape index (κ1) is 10.2. The number of carbonyl (C=O) groups excluding carboxylic acids is 1. The standard InChI is InChI=1S/C11H11N3O2/c1-16-11(15)10-6-9(13-14-10)7-3-2-4-8(12)5-7/h2-6H,12H2,1H3,(H,13,14). The van der Waals surface area contributed by atoms with Gasteiger partial charge in [-0.2, -0.15) is 5.10 Å². The van der Waals surface area contributed by atoms with Crippen molar-refractivity contribution in [1.29, 1.82) is 0 Å². The highest BCUT2D eigenvalue weighted by Crippen LogP contribution is 2.19. The molecule has 5 nitrogen and oxygen atoms in total. The lowest BCUT2D eigenvalue weighted by Crippen LogP contribution is -2.00. The molecule has 0 saturated carbocycles. The molecule has 1 aromatic carbocycles. The predicted molar refractivity (Wildman–Crippen MR) is 59.8 cm³/mol. The van der Waals surface area contributed by atoms with Crippen LogP contribution in [0.15, 0.2) is 30.3 Å². The molecule has 0 bridgehead atoms. The summed E-state index contributed by atoms with van der Waals surface area (Å²) >= 11 is 0. The van der Waals surface area contributed by atoms with Gasteiger partial charge in [0.15, 0.2) is 0 Å². The molecule has 1 heterocycles. The highest BCUT2D eigenvalue weighted by Gasteiger charge is 2.10. The van der Waals surface area contributed by atoms with Crippen LogP contribution in [-0.4, -0.2) is 23.3 Å². The van der Waals surface area contributed by atoms with Crippen LogP contribution in [-0.2, 0) is 4.74 Å². The number of H-pyrrole nitrogens is 1. The summed E-state index contributed by atoms with van der Waals surface area (Å²) in [6, 6.07) is 8.90. The second-order valence-corrected chi connectivity index (χ2v) is 3.28. The Labute approximate surface area is 92.2 Å². The van der Waals surface area contributed by atoms with E-state index < -0.39 is 5.97 Å². The van der Waals surface area contributed by atoms with Crippen LogP contribution in [0.2, 0.25) is 0 Å². The number of benzene rings is 1. The lowest BCUT2D eigenvalue weighted by Gasteiger charge is -1.96. The second kappa shape index (κ2) is 4.06. The monoisotopic (exact) mass is 217 g/mol. The maximum absolute atomic E-state index is 11.2. The number of nitrogens with one attached hydrogen (secondary N) is 1. The molecule has 2 aromatic rings. The minimum absolute atomic E-state index is 0.319. The number of rotatable bonds is 2. The van der Waals surface area contributed by atoms with E-state index in [4.69, 9.17) is 5.73 Å². The first-order valence-corrected chi connectivity index (χ1v) is 4.70. The maximum Gasteiger partial charge on any atom is 0.356 e. The summed E-state index contributed by atoms with van der Waals surface area (Å²) in [4.78, 5) is 11.2. The van der Waals surface area contributed by atoms with Crippen molar-refractivity contribution < 1.29 is 9.53 Å². The van der Waals surface area contributed by atoms with Crippen molar-refractivity contribution in [3.63, 3.8) is 0 Å². The second-order valence-electron chi connectivity index (χ2n) is 3.28. The molecule has 5 heteroatoms. The van der Waals surface area contributed by atoms with E-state index >= 15 is 0 Å². The number of nitrogen functional groups attached to an aromatic ring is 1. The van der Waals surface area contributed by atoms with Crippen molar-refractivity contribution in [2.75, 3.05) is 12.8 Å². The molecular weight excluding hydrogens is 206 g/mol. The molecule has 0 spiro atoms. The van der Waals surface area contributed by atoms with Crippen molar-refractivity contribution in [1.82, 2.24) is 10.2 Å². The first-order valence-electron chi connectivity index (χ1n) is 4.70. The normalized spacial score (nSPS) is 10.1. The van der Waals surface area contributed by atoms with Crippen LogP contribution in [0.1, 0.15) is 10.5 Å². The molecule has 0 aliphatic rings. The van der Waals surface area contributed by atoms with Gasteiger partial charge in [0.05, 0.1) is 12.8 Å². The predicted octanol–water partition coefficient (Wildman–Crippen LogP) is 1.45. The average Bonchev–Trinajstić information content (AvgIpc) is 2.77. The smallest absolute Gasteiger partial charge is 0.356 e. The van der Waals surface area contributed by atoms with Crippen LogP contribution in [0.5, 0.6) is 0 Å². The van der Waals surface area contributed by atoms with E-state index in [1.807, 2.05) is 12.1 Å². The molecule has 82 valence electrons. The van der Waals surface area contributed by atoms with Gasteiger partial charge in [0.1, 0.15) is 5.69 Å². The zero-order valence-corrected chi connectivity index (χ0v) is 8.73. The highest BCUT2D eigenvalue weighted by atomic mass is 16.5. The maximum atomic E-state index is 11.2. The average molecular weight is 217 g/mol. The number of esters is 1. The van der Waals surface area contributed by atoms with Crippen LogP contribution >= 0.6 is 0 Å². The van der Waals surface area contributed by atoms with Gasteiger partial charge < -0.3 is 10.5 Å². The molecule has 16 heavy (non-hydrogen) atoms. The van der Waals surface area contributed by atoms with E-state index in [0.717, 1.165) is 5.56 Å². The van der Waals surface area contributed by atoms with Gasteiger partial charge in [-0.15, -0.1) is 0 Å². The van der Waals surface area contributed by atoms with Crippen molar-refractivity contribution in [2.24, 2.45) is 0 Å².